The summed E-state index contributed by atoms with van der Waals surface area (Å²) >= 11 is 0. The van der Waals surface area contributed by atoms with Gasteiger partial charge < -0.3 is 14.2 Å². The molecule has 1 unspecified atom stereocenters. The molecule has 0 saturated heterocycles. The van der Waals surface area contributed by atoms with E-state index in [0.29, 0.717) is 17.2 Å². The predicted octanol–water partition coefficient (Wildman–Crippen LogP) is 6.91. The van der Waals surface area contributed by atoms with Gasteiger partial charge in [-0.2, -0.15) is 13.2 Å². The van der Waals surface area contributed by atoms with E-state index in [1.165, 1.54) is 24.3 Å². The van der Waals surface area contributed by atoms with Crippen molar-refractivity contribution >= 4 is 0 Å². The fraction of sp³-hybridized carbons (Fsp3) is 0.200. The Morgan fingerprint density at radius 1 is 0.839 bits per heavy atom. The second-order valence-electron chi connectivity index (χ2n) is 6.84. The number of alkyl halides is 3. The van der Waals surface area contributed by atoms with Gasteiger partial charge in [-0.05, 0) is 47.5 Å². The molecule has 0 aliphatic heterocycles. The van der Waals surface area contributed by atoms with E-state index in [2.05, 4.69) is 6.58 Å². The van der Waals surface area contributed by atoms with Crippen LogP contribution >= 0.6 is 0 Å². The zero-order chi connectivity index (χ0) is 22.1. The lowest BCUT2D eigenvalue weighted by Crippen LogP contribution is -2.25. The monoisotopic (exact) mass is 428 g/mol. The molecular formula is C25H23F3O3. The Bertz CT molecular complexity index is 954. The lowest BCUT2D eigenvalue weighted by molar-refractivity contribution is -0.163. The lowest BCUT2D eigenvalue weighted by atomic mass is 9.99. The number of benzene rings is 3. The second kappa shape index (κ2) is 10.7. The minimum atomic E-state index is -4.43. The molecule has 0 saturated carbocycles. The smallest absolute Gasteiger partial charge is 0.397 e. The van der Waals surface area contributed by atoms with Gasteiger partial charge in [0.15, 0.2) is 0 Å². The molecular weight excluding hydrogens is 405 g/mol. The van der Waals surface area contributed by atoms with Crippen molar-refractivity contribution in [1.29, 1.82) is 0 Å². The number of rotatable bonds is 10. The van der Waals surface area contributed by atoms with Crippen molar-refractivity contribution in [2.75, 3.05) is 13.2 Å². The first-order valence-corrected chi connectivity index (χ1v) is 9.75. The molecule has 3 aromatic rings. The van der Waals surface area contributed by atoms with Crippen LogP contribution in [0.15, 0.2) is 91.5 Å². The molecule has 3 nitrogen and oxygen atoms in total. The predicted molar refractivity (Wildman–Crippen MR) is 114 cm³/mol. The van der Waals surface area contributed by atoms with Crippen LogP contribution in [0, 0.1) is 0 Å². The van der Waals surface area contributed by atoms with Crippen molar-refractivity contribution in [3.8, 4) is 17.2 Å². The van der Waals surface area contributed by atoms with Gasteiger partial charge >= 0.3 is 6.18 Å². The molecule has 0 aromatic heterocycles. The molecule has 31 heavy (non-hydrogen) atoms. The van der Waals surface area contributed by atoms with Crippen LogP contribution in [0.5, 0.6) is 17.2 Å². The SMILES string of the molecule is C=CCOc1ccc(C(COCc2cccc(Oc3ccccc3)c2)C(F)(F)F)cc1. The Labute approximate surface area is 179 Å². The molecule has 1 atom stereocenters. The molecule has 0 aliphatic carbocycles. The molecule has 0 bridgehead atoms. The molecule has 162 valence electrons. The summed E-state index contributed by atoms with van der Waals surface area (Å²) < 4.78 is 57.3. The number of ether oxygens (including phenoxy) is 3. The Kier molecular flexibility index (Phi) is 7.73. The van der Waals surface area contributed by atoms with Crippen molar-refractivity contribution < 1.29 is 27.4 Å². The van der Waals surface area contributed by atoms with Gasteiger partial charge in [0, 0.05) is 0 Å². The highest BCUT2D eigenvalue weighted by molar-refractivity contribution is 5.34. The molecule has 0 spiro atoms. The average Bonchev–Trinajstić information content (AvgIpc) is 2.76. The highest BCUT2D eigenvalue weighted by Gasteiger charge is 2.40. The highest BCUT2D eigenvalue weighted by Crippen LogP contribution is 2.36. The maximum Gasteiger partial charge on any atom is 0.397 e. The minimum Gasteiger partial charge on any atom is -0.490 e. The molecule has 0 heterocycles. The standard InChI is InChI=1S/C25H23F3O3/c1-2-15-30-21-13-11-20(12-14-21)24(25(26,27)28)18-29-17-19-7-6-10-23(16-19)31-22-8-4-3-5-9-22/h2-14,16,24H,1,15,17-18H2. The third-order valence-electron chi connectivity index (χ3n) is 4.48. The summed E-state index contributed by atoms with van der Waals surface area (Å²) in [5.41, 5.74) is 0.849. The van der Waals surface area contributed by atoms with E-state index in [1.54, 1.807) is 30.3 Å². The maximum absolute atomic E-state index is 13.6. The maximum atomic E-state index is 13.6. The number of hydrogen-bond donors (Lipinski definition) is 0. The molecule has 0 N–H and O–H groups in total. The zero-order valence-corrected chi connectivity index (χ0v) is 16.8. The van der Waals surface area contributed by atoms with Gasteiger partial charge in [-0.25, -0.2) is 0 Å². The molecule has 0 amide bonds. The normalized spacial score (nSPS) is 12.2. The van der Waals surface area contributed by atoms with Crippen LogP contribution in [-0.2, 0) is 11.3 Å². The Hall–Kier alpha value is -3.25. The summed E-state index contributed by atoms with van der Waals surface area (Å²) in [6, 6.07) is 22.2. The molecule has 0 aliphatic rings. The van der Waals surface area contributed by atoms with Gasteiger partial charge in [0.2, 0.25) is 0 Å². The van der Waals surface area contributed by atoms with Crippen molar-refractivity contribution in [2.45, 2.75) is 18.7 Å². The number of hydrogen-bond acceptors (Lipinski definition) is 3. The molecule has 0 fully saturated rings. The summed E-state index contributed by atoms with van der Waals surface area (Å²) in [6.07, 6.45) is -2.86. The van der Waals surface area contributed by atoms with Gasteiger partial charge in [-0.1, -0.05) is 55.1 Å². The van der Waals surface area contributed by atoms with Crippen LogP contribution in [0.2, 0.25) is 0 Å². The Balaban J connectivity index is 1.61. The first kappa shape index (κ1) is 22.4. The van der Waals surface area contributed by atoms with Gasteiger partial charge in [0.05, 0.1) is 13.2 Å². The summed E-state index contributed by atoms with van der Waals surface area (Å²) in [7, 11) is 0. The van der Waals surface area contributed by atoms with Gasteiger partial charge in [-0.15, -0.1) is 0 Å². The van der Waals surface area contributed by atoms with Crippen molar-refractivity contribution in [1.82, 2.24) is 0 Å². The Morgan fingerprint density at radius 2 is 1.55 bits per heavy atom. The van der Waals surface area contributed by atoms with Crippen molar-refractivity contribution in [2.24, 2.45) is 0 Å². The largest absolute Gasteiger partial charge is 0.490 e. The van der Waals surface area contributed by atoms with Crippen LogP contribution in [0.4, 0.5) is 13.2 Å². The van der Waals surface area contributed by atoms with Crippen molar-refractivity contribution in [3.63, 3.8) is 0 Å². The van der Waals surface area contributed by atoms with Gasteiger partial charge in [-0.3, -0.25) is 0 Å². The summed E-state index contributed by atoms with van der Waals surface area (Å²) in [6.45, 7) is 3.39. The Morgan fingerprint density at radius 3 is 2.23 bits per heavy atom. The third kappa shape index (κ3) is 6.89. The van der Waals surface area contributed by atoms with E-state index < -0.39 is 18.7 Å². The van der Waals surface area contributed by atoms with Crippen LogP contribution in [0.3, 0.4) is 0 Å². The van der Waals surface area contributed by atoms with E-state index >= 15 is 0 Å². The van der Waals surface area contributed by atoms with Crippen LogP contribution in [0.25, 0.3) is 0 Å². The van der Waals surface area contributed by atoms with Crippen LogP contribution in [-0.4, -0.2) is 19.4 Å². The molecule has 3 rings (SSSR count). The summed E-state index contributed by atoms with van der Waals surface area (Å²) in [5, 5.41) is 0. The lowest BCUT2D eigenvalue weighted by Gasteiger charge is -2.21. The number of para-hydroxylation sites is 1. The fourth-order valence-corrected chi connectivity index (χ4v) is 2.95. The van der Waals surface area contributed by atoms with Crippen molar-refractivity contribution in [3.05, 3.63) is 103 Å². The van der Waals surface area contributed by atoms with E-state index in [9.17, 15) is 13.2 Å². The molecule has 0 radical (unpaired) electrons. The van der Waals surface area contributed by atoms with E-state index in [4.69, 9.17) is 14.2 Å². The number of halogens is 3. The minimum absolute atomic E-state index is 0.0408. The summed E-state index contributed by atoms with van der Waals surface area (Å²) in [4.78, 5) is 0. The molecule has 3 aromatic carbocycles. The van der Waals surface area contributed by atoms with Crippen LogP contribution in [0.1, 0.15) is 17.0 Å². The topological polar surface area (TPSA) is 27.7 Å². The second-order valence-corrected chi connectivity index (χ2v) is 6.84. The quantitative estimate of drug-likeness (QED) is 0.329. The van der Waals surface area contributed by atoms with E-state index in [-0.39, 0.29) is 18.8 Å². The zero-order valence-electron chi connectivity index (χ0n) is 16.8. The van der Waals surface area contributed by atoms with Crippen LogP contribution < -0.4 is 9.47 Å². The van der Waals surface area contributed by atoms with E-state index in [0.717, 1.165) is 5.56 Å². The highest BCUT2D eigenvalue weighted by atomic mass is 19.4. The summed E-state index contributed by atoms with van der Waals surface area (Å²) in [5.74, 6) is 0.0263. The average molecular weight is 428 g/mol. The first-order valence-electron chi connectivity index (χ1n) is 9.75. The van der Waals surface area contributed by atoms with Gasteiger partial charge in [0.25, 0.3) is 0 Å². The fourth-order valence-electron chi connectivity index (χ4n) is 2.95. The molecule has 6 heteroatoms. The van der Waals surface area contributed by atoms with E-state index in [1.807, 2.05) is 30.3 Å². The first-order chi connectivity index (χ1) is 15.0. The van der Waals surface area contributed by atoms with Gasteiger partial charge in [0.1, 0.15) is 29.8 Å². The third-order valence-corrected chi connectivity index (χ3v) is 4.48.